The van der Waals surface area contributed by atoms with E-state index in [1.165, 1.54) is 4.90 Å². The number of carbonyl (C=O) groups is 4. The van der Waals surface area contributed by atoms with E-state index < -0.39 is 24.2 Å². The second-order valence-corrected chi connectivity index (χ2v) is 8.34. The third kappa shape index (κ3) is 7.69. The van der Waals surface area contributed by atoms with E-state index in [0.29, 0.717) is 57.4 Å². The topological polar surface area (TPSA) is 169 Å². The molecule has 1 aliphatic heterocycles. The van der Waals surface area contributed by atoms with Gasteiger partial charge in [0.25, 0.3) is 0 Å². The second-order valence-electron chi connectivity index (χ2n) is 8.34. The average Bonchev–Trinajstić information content (AvgIpc) is 3.21. The monoisotopic (exact) mass is 452 g/mol. The summed E-state index contributed by atoms with van der Waals surface area (Å²) in [6.07, 6.45) is 5.85. The van der Waals surface area contributed by atoms with Crippen molar-refractivity contribution in [2.45, 2.75) is 76.4 Å². The van der Waals surface area contributed by atoms with Gasteiger partial charge in [-0.2, -0.15) is 0 Å². The van der Waals surface area contributed by atoms with Crippen LogP contribution in [0.15, 0.2) is 4.99 Å². The zero-order valence-corrected chi connectivity index (χ0v) is 18.8. The van der Waals surface area contributed by atoms with Crippen LogP contribution >= 0.6 is 0 Å². The molecule has 2 aliphatic rings. The van der Waals surface area contributed by atoms with Crippen molar-refractivity contribution in [1.82, 2.24) is 15.5 Å². The highest BCUT2D eigenvalue weighted by molar-refractivity contribution is 5.92. The first kappa shape index (κ1) is 25.4. The number of ether oxygens (including phenoxy) is 1. The Morgan fingerprint density at radius 1 is 1.19 bits per heavy atom. The van der Waals surface area contributed by atoms with Crippen molar-refractivity contribution in [3.05, 3.63) is 0 Å². The SMILES string of the molecule is CCOC(=O)N[C@H](CC1CCC1)C(=O)N1CCC[C@H]1C(=O)N[C@H](C=O)CCCN=C(N)N. The Morgan fingerprint density at radius 3 is 2.53 bits per heavy atom. The number of nitrogens with zero attached hydrogens (tertiary/aromatic N) is 2. The number of likely N-dealkylation sites (tertiary alicyclic amines) is 1. The quantitative estimate of drug-likeness (QED) is 0.140. The summed E-state index contributed by atoms with van der Waals surface area (Å²) in [6, 6.07) is -2.08. The molecule has 0 radical (unpaired) electrons. The molecule has 0 aromatic carbocycles. The van der Waals surface area contributed by atoms with Gasteiger partial charge in [-0.25, -0.2) is 4.79 Å². The summed E-state index contributed by atoms with van der Waals surface area (Å²) in [6.45, 7) is 2.70. The molecule has 1 aliphatic carbocycles. The molecule has 6 N–H and O–H groups in total. The number of alkyl carbamates (subject to hydrolysis) is 1. The molecule has 1 saturated carbocycles. The Bertz CT molecular complexity index is 692. The maximum absolute atomic E-state index is 13.3. The lowest BCUT2D eigenvalue weighted by atomic mass is 9.80. The summed E-state index contributed by atoms with van der Waals surface area (Å²) in [5.74, 6) is -0.290. The summed E-state index contributed by atoms with van der Waals surface area (Å²) in [7, 11) is 0. The normalized spacial score (nSPS) is 19.9. The highest BCUT2D eigenvalue weighted by Crippen LogP contribution is 2.31. The Morgan fingerprint density at radius 2 is 1.94 bits per heavy atom. The van der Waals surface area contributed by atoms with Gasteiger partial charge in [0.2, 0.25) is 11.8 Å². The number of hydrogen-bond acceptors (Lipinski definition) is 6. The van der Waals surface area contributed by atoms with E-state index in [0.717, 1.165) is 19.3 Å². The predicted octanol–water partition coefficient (Wildman–Crippen LogP) is 0.0196. The van der Waals surface area contributed by atoms with Gasteiger partial charge in [0.05, 0.1) is 12.6 Å². The molecule has 0 unspecified atom stereocenters. The maximum atomic E-state index is 13.3. The molecular formula is C21H36N6O5. The highest BCUT2D eigenvalue weighted by Gasteiger charge is 2.39. The van der Waals surface area contributed by atoms with E-state index in [-0.39, 0.29) is 24.4 Å². The number of hydrogen-bond donors (Lipinski definition) is 4. The molecule has 3 amide bonds. The molecule has 2 fully saturated rings. The number of rotatable bonds is 12. The molecule has 0 aromatic heterocycles. The summed E-state index contributed by atoms with van der Waals surface area (Å²) in [5, 5.41) is 5.40. The molecule has 1 saturated heterocycles. The fraction of sp³-hybridized carbons (Fsp3) is 0.762. The number of aldehydes is 1. The highest BCUT2D eigenvalue weighted by atomic mass is 16.5. The fourth-order valence-corrected chi connectivity index (χ4v) is 4.07. The fourth-order valence-electron chi connectivity index (χ4n) is 4.07. The van der Waals surface area contributed by atoms with Crippen molar-refractivity contribution in [3.63, 3.8) is 0 Å². The van der Waals surface area contributed by atoms with Crippen LogP contribution in [0.2, 0.25) is 0 Å². The van der Waals surface area contributed by atoms with Crippen LogP contribution in [0.4, 0.5) is 4.79 Å². The van der Waals surface area contributed by atoms with E-state index in [1.807, 2.05) is 0 Å². The third-order valence-corrected chi connectivity index (χ3v) is 5.96. The van der Waals surface area contributed by atoms with Crippen LogP contribution in [0.3, 0.4) is 0 Å². The molecular weight excluding hydrogens is 416 g/mol. The standard InChI is InChI=1S/C21H36N6O5/c1-2-32-21(31)26-16(12-14-6-3-7-14)19(30)27-11-5-9-17(27)18(29)25-15(13-28)8-4-10-24-20(22)23/h13-17H,2-12H2,1H3,(H,25,29)(H,26,31)(H4,22,23,24)/t15-,16+,17-/m0/s1. The minimum absolute atomic E-state index is 0.0234. The number of carbonyl (C=O) groups excluding carboxylic acids is 4. The number of nitrogens with one attached hydrogen (secondary N) is 2. The van der Waals surface area contributed by atoms with Gasteiger partial charge in [-0.05, 0) is 44.9 Å². The number of aliphatic imine (C=N–C) groups is 1. The summed E-state index contributed by atoms with van der Waals surface area (Å²) in [4.78, 5) is 54.9. The summed E-state index contributed by atoms with van der Waals surface area (Å²) in [5.41, 5.74) is 10.6. The van der Waals surface area contributed by atoms with Gasteiger partial charge in [-0.15, -0.1) is 0 Å². The molecule has 11 heteroatoms. The van der Waals surface area contributed by atoms with Crippen molar-refractivity contribution in [1.29, 1.82) is 0 Å². The average molecular weight is 453 g/mol. The lowest BCUT2D eigenvalue weighted by Gasteiger charge is -2.33. The largest absolute Gasteiger partial charge is 0.450 e. The Balaban J connectivity index is 1.97. The number of nitrogens with two attached hydrogens (primary N) is 2. The first-order valence-electron chi connectivity index (χ1n) is 11.4. The van der Waals surface area contributed by atoms with Crippen molar-refractivity contribution in [2.75, 3.05) is 19.7 Å². The predicted molar refractivity (Wildman–Crippen MR) is 119 cm³/mol. The van der Waals surface area contributed by atoms with Gasteiger partial charge in [0, 0.05) is 13.1 Å². The van der Waals surface area contributed by atoms with Crippen LogP contribution in [-0.2, 0) is 19.1 Å². The minimum Gasteiger partial charge on any atom is -0.450 e. The first-order valence-corrected chi connectivity index (χ1v) is 11.4. The smallest absolute Gasteiger partial charge is 0.407 e. The Kier molecular flexibility index (Phi) is 10.2. The van der Waals surface area contributed by atoms with Gasteiger partial charge >= 0.3 is 6.09 Å². The molecule has 2 rings (SSSR count). The first-order chi connectivity index (χ1) is 15.3. The van der Waals surface area contributed by atoms with E-state index in [2.05, 4.69) is 15.6 Å². The van der Waals surface area contributed by atoms with Crippen LogP contribution in [0.1, 0.15) is 58.3 Å². The van der Waals surface area contributed by atoms with Crippen molar-refractivity contribution in [2.24, 2.45) is 22.4 Å². The Labute approximate surface area is 188 Å². The van der Waals surface area contributed by atoms with E-state index in [4.69, 9.17) is 16.2 Å². The lowest BCUT2D eigenvalue weighted by molar-refractivity contribution is -0.140. The van der Waals surface area contributed by atoms with Crippen LogP contribution in [0.5, 0.6) is 0 Å². The van der Waals surface area contributed by atoms with Crippen molar-refractivity contribution in [3.8, 4) is 0 Å². The van der Waals surface area contributed by atoms with Crippen LogP contribution in [0.25, 0.3) is 0 Å². The molecule has 0 bridgehead atoms. The summed E-state index contributed by atoms with van der Waals surface area (Å²) >= 11 is 0. The molecule has 1 heterocycles. The lowest BCUT2D eigenvalue weighted by Crippen LogP contribution is -2.55. The van der Waals surface area contributed by atoms with E-state index in [1.54, 1.807) is 6.92 Å². The molecule has 11 nitrogen and oxygen atoms in total. The zero-order valence-electron chi connectivity index (χ0n) is 18.8. The second kappa shape index (κ2) is 12.9. The van der Waals surface area contributed by atoms with Crippen LogP contribution in [-0.4, -0.2) is 72.9 Å². The minimum atomic E-state index is -0.728. The van der Waals surface area contributed by atoms with Crippen LogP contribution < -0.4 is 22.1 Å². The third-order valence-electron chi connectivity index (χ3n) is 5.96. The van der Waals surface area contributed by atoms with Gasteiger partial charge in [-0.3, -0.25) is 14.6 Å². The summed E-state index contributed by atoms with van der Waals surface area (Å²) < 4.78 is 4.96. The molecule has 32 heavy (non-hydrogen) atoms. The van der Waals surface area contributed by atoms with Gasteiger partial charge < -0.3 is 36.5 Å². The van der Waals surface area contributed by atoms with Crippen LogP contribution in [0, 0.1) is 5.92 Å². The number of guanidine groups is 1. The van der Waals surface area contributed by atoms with E-state index in [9.17, 15) is 19.2 Å². The number of amides is 3. The molecule has 0 spiro atoms. The van der Waals surface area contributed by atoms with Gasteiger partial charge in [0.1, 0.15) is 18.4 Å². The van der Waals surface area contributed by atoms with Crippen molar-refractivity contribution < 1.29 is 23.9 Å². The van der Waals surface area contributed by atoms with Gasteiger partial charge in [-0.1, -0.05) is 19.3 Å². The zero-order chi connectivity index (χ0) is 23.5. The maximum Gasteiger partial charge on any atom is 0.407 e. The van der Waals surface area contributed by atoms with Gasteiger partial charge in [0.15, 0.2) is 5.96 Å². The van der Waals surface area contributed by atoms with E-state index >= 15 is 0 Å². The molecule has 180 valence electrons. The molecule has 3 atom stereocenters. The Hall–Kier alpha value is -2.85. The van der Waals surface area contributed by atoms with Crippen molar-refractivity contribution >= 4 is 30.2 Å². The molecule has 0 aromatic rings.